The van der Waals surface area contributed by atoms with Gasteiger partial charge in [0.25, 0.3) is 0 Å². The predicted molar refractivity (Wildman–Crippen MR) is 123 cm³/mol. The summed E-state index contributed by atoms with van der Waals surface area (Å²) in [6.45, 7) is 4.23. The van der Waals surface area contributed by atoms with Crippen molar-refractivity contribution in [3.05, 3.63) is 95.2 Å². The molecular weight excluding hydrogens is 402 g/mol. The van der Waals surface area contributed by atoms with Gasteiger partial charge >= 0.3 is 5.97 Å². The van der Waals surface area contributed by atoms with Gasteiger partial charge in [0, 0.05) is 11.8 Å². The number of benzene rings is 2. The van der Waals surface area contributed by atoms with Gasteiger partial charge < -0.3 is 9.84 Å². The topological polar surface area (TPSA) is 76.7 Å². The molecule has 158 valence electrons. The molecule has 2 aromatic carbocycles. The van der Waals surface area contributed by atoms with E-state index >= 15 is 0 Å². The predicted octanol–water partition coefficient (Wildman–Crippen LogP) is 5.44. The molecule has 32 heavy (non-hydrogen) atoms. The van der Waals surface area contributed by atoms with Crippen LogP contribution in [0.25, 0.3) is 27.8 Å². The molecule has 0 saturated heterocycles. The van der Waals surface area contributed by atoms with Crippen LogP contribution < -0.4 is 4.74 Å². The lowest BCUT2D eigenvalue weighted by Crippen LogP contribution is -2.04. The third-order valence-corrected chi connectivity index (χ3v) is 5.62. The van der Waals surface area contributed by atoms with Crippen LogP contribution in [0.3, 0.4) is 0 Å². The maximum absolute atomic E-state index is 12.3. The second kappa shape index (κ2) is 7.81. The second-order valence-electron chi connectivity index (χ2n) is 7.74. The average Bonchev–Trinajstić information content (AvgIpc) is 3.15. The van der Waals surface area contributed by atoms with Crippen LogP contribution in [0.4, 0.5) is 0 Å². The van der Waals surface area contributed by atoms with Crippen molar-refractivity contribution in [3.8, 4) is 17.1 Å². The van der Waals surface area contributed by atoms with Gasteiger partial charge in [-0.1, -0.05) is 42.5 Å². The van der Waals surface area contributed by atoms with Crippen LogP contribution in [0.5, 0.6) is 5.75 Å². The van der Waals surface area contributed by atoms with Crippen LogP contribution in [-0.4, -0.2) is 25.7 Å². The first-order valence-corrected chi connectivity index (χ1v) is 10.3. The average molecular weight is 423 g/mol. The molecule has 1 N–H and O–H groups in total. The van der Waals surface area contributed by atoms with Crippen molar-refractivity contribution in [1.82, 2.24) is 14.6 Å². The number of hydrogen-bond donors (Lipinski definition) is 1. The Bertz CT molecular complexity index is 1470. The minimum absolute atomic E-state index is 0.146. The van der Waals surface area contributed by atoms with E-state index in [0.717, 1.165) is 22.2 Å². The molecule has 0 unspecified atom stereocenters. The maximum Gasteiger partial charge on any atom is 0.336 e. The molecule has 5 rings (SSSR count). The Morgan fingerprint density at radius 3 is 2.56 bits per heavy atom. The molecule has 0 amide bonds. The third kappa shape index (κ3) is 3.36. The number of carboxylic acid groups (broad SMARTS) is 1. The highest BCUT2D eigenvalue weighted by Gasteiger charge is 2.21. The number of nitrogens with zero attached hydrogens (tertiary/aromatic N) is 3. The van der Waals surface area contributed by atoms with Crippen molar-refractivity contribution in [2.75, 3.05) is 0 Å². The van der Waals surface area contributed by atoms with Crippen LogP contribution in [0, 0.1) is 13.8 Å². The van der Waals surface area contributed by atoms with Crippen LogP contribution in [0.1, 0.15) is 27.0 Å². The Kier molecular flexibility index (Phi) is 4.82. The van der Waals surface area contributed by atoms with Crippen molar-refractivity contribution in [3.63, 3.8) is 0 Å². The van der Waals surface area contributed by atoms with E-state index in [1.807, 2.05) is 80.7 Å². The molecule has 3 aromatic heterocycles. The van der Waals surface area contributed by atoms with E-state index < -0.39 is 5.97 Å². The number of carbonyl (C=O) groups is 1. The number of aromatic nitrogens is 3. The number of ether oxygens (including phenoxy) is 1. The van der Waals surface area contributed by atoms with E-state index in [1.54, 1.807) is 10.6 Å². The van der Waals surface area contributed by atoms with Gasteiger partial charge in [0.15, 0.2) is 0 Å². The molecule has 0 fully saturated rings. The summed E-state index contributed by atoms with van der Waals surface area (Å²) in [5.74, 6) is -0.534. The summed E-state index contributed by atoms with van der Waals surface area (Å²) in [7, 11) is 0. The fourth-order valence-corrected chi connectivity index (χ4v) is 3.95. The monoisotopic (exact) mass is 423 g/mol. The quantitative estimate of drug-likeness (QED) is 0.407. The maximum atomic E-state index is 12.3. The highest BCUT2D eigenvalue weighted by atomic mass is 16.5. The lowest BCUT2D eigenvalue weighted by molar-refractivity contribution is 0.0698. The highest BCUT2D eigenvalue weighted by molar-refractivity contribution is 6.07. The van der Waals surface area contributed by atoms with E-state index in [1.165, 1.54) is 0 Å². The molecule has 0 spiro atoms. The van der Waals surface area contributed by atoms with E-state index in [2.05, 4.69) is 5.10 Å². The minimum Gasteiger partial charge on any atom is -0.488 e. The van der Waals surface area contributed by atoms with Gasteiger partial charge in [-0.3, -0.25) is 0 Å². The number of fused-ring (bicyclic) bond motifs is 2. The molecule has 0 bridgehead atoms. The summed E-state index contributed by atoms with van der Waals surface area (Å²) >= 11 is 0. The largest absolute Gasteiger partial charge is 0.488 e. The summed E-state index contributed by atoms with van der Waals surface area (Å²) in [4.78, 5) is 17.1. The number of carboxylic acids is 1. The van der Waals surface area contributed by atoms with Gasteiger partial charge in [-0.2, -0.15) is 5.10 Å². The zero-order chi connectivity index (χ0) is 22.2. The smallest absolute Gasteiger partial charge is 0.336 e. The Labute approximate surface area is 184 Å². The van der Waals surface area contributed by atoms with Gasteiger partial charge in [0.05, 0.1) is 27.7 Å². The minimum atomic E-state index is -1.03. The van der Waals surface area contributed by atoms with Crippen LogP contribution in [0.15, 0.2) is 72.9 Å². The number of pyridine rings is 2. The van der Waals surface area contributed by atoms with Crippen molar-refractivity contribution in [2.45, 2.75) is 20.5 Å². The van der Waals surface area contributed by atoms with Gasteiger partial charge in [0.2, 0.25) is 0 Å². The van der Waals surface area contributed by atoms with Crippen molar-refractivity contribution < 1.29 is 14.6 Å². The molecule has 0 aliphatic rings. The first kappa shape index (κ1) is 19.8. The van der Waals surface area contributed by atoms with Gasteiger partial charge in [-0.15, -0.1) is 0 Å². The zero-order valence-corrected chi connectivity index (χ0v) is 17.7. The number of rotatable bonds is 5. The summed E-state index contributed by atoms with van der Waals surface area (Å²) in [6, 6.07) is 20.9. The molecule has 0 aliphatic heterocycles. The second-order valence-corrected chi connectivity index (χ2v) is 7.74. The van der Waals surface area contributed by atoms with E-state index in [4.69, 9.17) is 9.72 Å². The first-order chi connectivity index (χ1) is 15.5. The molecule has 6 heteroatoms. The van der Waals surface area contributed by atoms with Crippen molar-refractivity contribution >= 4 is 22.4 Å². The molecule has 6 nitrogen and oxygen atoms in total. The number of aryl methyl sites for hydroxylation is 2. The number of aromatic carboxylic acids is 1. The van der Waals surface area contributed by atoms with E-state index in [0.29, 0.717) is 34.6 Å². The Morgan fingerprint density at radius 1 is 1.03 bits per heavy atom. The normalized spacial score (nSPS) is 11.2. The highest BCUT2D eigenvalue weighted by Crippen LogP contribution is 2.35. The fraction of sp³-hybridized carbons (Fsp3) is 0.115. The molecule has 3 heterocycles. The fourth-order valence-electron chi connectivity index (χ4n) is 3.95. The third-order valence-electron chi connectivity index (χ3n) is 5.62. The van der Waals surface area contributed by atoms with E-state index in [-0.39, 0.29) is 5.56 Å². The summed E-state index contributed by atoms with van der Waals surface area (Å²) in [5, 5.41) is 15.2. The summed E-state index contributed by atoms with van der Waals surface area (Å²) in [6.07, 6.45) is 1.87. The molecule has 0 atom stereocenters. The Morgan fingerprint density at radius 2 is 1.81 bits per heavy atom. The summed E-state index contributed by atoms with van der Waals surface area (Å²) < 4.78 is 7.83. The first-order valence-electron chi connectivity index (χ1n) is 10.3. The lowest BCUT2D eigenvalue weighted by atomic mass is 10.0. The standard InChI is InChI=1S/C26H21N3O3/c1-16-11-12-22(32-15-18-8-4-3-5-9-18)23-19(26(30)31)14-20(27-24(16)23)25-17(2)21-10-6-7-13-29(21)28-25/h3-14H,15H2,1-2H3,(H,30,31). The lowest BCUT2D eigenvalue weighted by Gasteiger charge is -2.14. The molecule has 0 radical (unpaired) electrons. The van der Waals surface area contributed by atoms with Crippen LogP contribution in [-0.2, 0) is 6.61 Å². The van der Waals surface area contributed by atoms with Crippen LogP contribution in [0.2, 0.25) is 0 Å². The van der Waals surface area contributed by atoms with Gasteiger partial charge in [-0.05, 0) is 49.2 Å². The van der Waals surface area contributed by atoms with Gasteiger partial charge in [0.1, 0.15) is 18.1 Å². The van der Waals surface area contributed by atoms with Crippen molar-refractivity contribution in [1.29, 1.82) is 0 Å². The van der Waals surface area contributed by atoms with E-state index in [9.17, 15) is 9.90 Å². The Balaban J connectivity index is 1.68. The van der Waals surface area contributed by atoms with Gasteiger partial charge in [-0.25, -0.2) is 14.3 Å². The SMILES string of the molecule is Cc1ccc(OCc2ccccc2)c2c(C(=O)O)cc(-c3nn4ccccc4c3C)nc12. The Hall–Kier alpha value is -4.19. The zero-order valence-electron chi connectivity index (χ0n) is 17.7. The molecule has 5 aromatic rings. The number of hydrogen-bond acceptors (Lipinski definition) is 4. The summed E-state index contributed by atoms with van der Waals surface area (Å²) in [5.41, 5.74) is 5.71. The molecule has 0 saturated carbocycles. The molecule has 0 aliphatic carbocycles. The van der Waals surface area contributed by atoms with Crippen molar-refractivity contribution in [2.24, 2.45) is 0 Å². The van der Waals surface area contributed by atoms with Crippen LogP contribution >= 0.6 is 0 Å². The molecular formula is C26H21N3O3.